The number of aliphatic hydroxyl groups excluding tert-OH is 3. The Morgan fingerprint density at radius 1 is 0.718 bits per heavy atom. The fraction of sp³-hybridized carbons (Fsp3) is 0.449. The van der Waals surface area contributed by atoms with Crippen LogP contribution < -0.4 is 48.7 Å². The summed E-state index contributed by atoms with van der Waals surface area (Å²) >= 11 is 0. The first-order valence-corrected chi connectivity index (χ1v) is 26.0. The van der Waals surface area contributed by atoms with Crippen molar-refractivity contribution in [2.75, 3.05) is 24.7 Å². The normalized spacial score (nSPS) is 22.8. The van der Waals surface area contributed by atoms with E-state index in [0.29, 0.717) is 24.0 Å². The number of H-pyrrole nitrogens is 1. The van der Waals surface area contributed by atoms with Crippen LogP contribution in [-0.2, 0) is 52.8 Å². The zero-order chi connectivity index (χ0) is 51.5. The summed E-state index contributed by atoms with van der Waals surface area (Å²) in [7, 11) is 2.06. The van der Waals surface area contributed by atoms with Crippen molar-refractivity contribution >= 4 is 73.8 Å². The number of hydrogen-bond acceptors (Lipinski definition) is 14. The highest BCUT2D eigenvalue weighted by Crippen LogP contribution is 2.24. The predicted molar refractivity (Wildman–Crippen MR) is 272 cm³/mol. The monoisotopic (exact) mass is 1020 g/mol. The second-order valence-electron chi connectivity index (χ2n) is 17.5. The van der Waals surface area contributed by atoms with Gasteiger partial charge < -0.3 is 69.0 Å². The molecule has 3 aromatic carbocycles. The van der Waals surface area contributed by atoms with E-state index in [1.165, 1.54) is 13.8 Å². The van der Waals surface area contributed by atoms with Gasteiger partial charge in [-0.1, -0.05) is 100 Å². The smallest absolute Gasteiger partial charge is 0.245 e. The average Bonchev–Trinajstić information content (AvgIpc) is 3.76. The van der Waals surface area contributed by atoms with Crippen molar-refractivity contribution in [3.63, 3.8) is 0 Å². The van der Waals surface area contributed by atoms with Crippen molar-refractivity contribution in [3.8, 4) is 0 Å². The summed E-state index contributed by atoms with van der Waals surface area (Å²) in [6, 6.07) is 14.6. The topological polar surface area (TPSA) is 332 Å². The number of fused-ring (bicyclic) bond motifs is 1. The number of amides is 7. The molecule has 15 N–H and O–H groups in total. The molecule has 5 rings (SSSR count). The van der Waals surface area contributed by atoms with Gasteiger partial charge in [0.05, 0.1) is 30.9 Å². The van der Waals surface area contributed by atoms with Gasteiger partial charge in [0.25, 0.3) is 0 Å². The number of hydrogen-bond donors (Lipinski definition) is 13. The van der Waals surface area contributed by atoms with Gasteiger partial charge in [-0.15, -0.1) is 0 Å². The number of benzene rings is 3. The van der Waals surface area contributed by atoms with E-state index in [4.69, 9.17) is 11.5 Å². The van der Waals surface area contributed by atoms with Gasteiger partial charge in [0.1, 0.15) is 36.3 Å². The molecule has 1 aliphatic heterocycles. The molecule has 2 heterocycles. The Bertz CT molecular complexity index is 2400. The van der Waals surface area contributed by atoms with Crippen molar-refractivity contribution in [1.29, 1.82) is 0 Å². The van der Waals surface area contributed by atoms with Gasteiger partial charge in [0.15, 0.2) is 0 Å². The van der Waals surface area contributed by atoms with E-state index in [-0.39, 0.29) is 43.7 Å². The number of rotatable bonds is 17. The number of aliphatic hydroxyl groups is 3. The first-order chi connectivity index (χ1) is 34.1. The Morgan fingerprint density at radius 3 is 1.96 bits per heavy atom. The minimum atomic E-state index is -1.66. The molecular weight excluding hydrogens is 953 g/mol. The molecule has 0 radical (unpaired) electrons. The summed E-state index contributed by atoms with van der Waals surface area (Å²) in [6.07, 6.45) is -0.156. The standard InChI is InChI=1S/C49H66N10O10S2/c1-28(61)39(25-60)56-48(68)41-27-71-70-26-40(57-43(63)34(51)21-30-13-5-3-6-14-30)47(67)54-37(22-31-15-7-4-8-16-31)45(65)55-38(23-32-24-52-35-18-10-9-17-33(32)35)46(66)53-36(19-11-12-20-50)44(64)59-42(29(2)62)49(69)58-41/h3-10,13-18,24,28-29,34,36-42,52,60-62H,11-12,19-23,25-27,50-51H2,1-2H3,(H,53,66)(H,54,67)(H,55,65)(H,56,68)(H,57,63)(H,58,69)(H,59,64)/t28-,29-,34+,36+,37+,38+,39-,40+,41+,42+/m1/s1. The van der Waals surface area contributed by atoms with Gasteiger partial charge in [-0.2, -0.15) is 0 Å². The largest absolute Gasteiger partial charge is 0.394 e. The maximum atomic E-state index is 14.7. The minimum absolute atomic E-state index is 0.0340. The van der Waals surface area contributed by atoms with Crippen LogP contribution in [0.2, 0.25) is 0 Å². The highest BCUT2D eigenvalue weighted by atomic mass is 33.1. The van der Waals surface area contributed by atoms with Crippen LogP contribution in [-0.4, -0.2) is 147 Å². The summed E-state index contributed by atoms with van der Waals surface area (Å²) in [4.78, 5) is 103. The number of para-hydroxylation sites is 1. The third-order valence-electron chi connectivity index (χ3n) is 11.9. The molecule has 1 saturated heterocycles. The second kappa shape index (κ2) is 28.1. The highest BCUT2D eigenvalue weighted by molar-refractivity contribution is 8.76. The molecule has 10 atom stereocenters. The quantitative estimate of drug-likeness (QED) is 0.0455. The molecule has 1 aromatic heterocycles. The SMILES string of the molecule is C[C@@H](O)[C@@H]1NC(=O)[C@H](CCCCN)NC(=O)[C@H](Cc2c[nH]c3ccccc23)NC(=O)[C@H](Cc2ccccc2)NC(=O)[C@@H](NC(=O)[C@@H](N)Cc2ccccc2)CSSC[C@@H](C(=O)N[C@H](CO)[C@@H](C)O)NC1=O. The Labute approximate surface area is 420 Å². The number of carbonyl (C=O) groups excluding carboxylic acids is 7. The van der Waals surface area contributed by atoms with Crippen molar-refractivity contribution in [2.45, 2.75) is 113 Å². The Morgan fingerprint density at radius 2 is 1.31 bits per heavy atom. The third kappa shape index (κ3) is 17.1. The molecule has 1 fully saturated rings. The van der Waals surface area contributed by atoms with Gasteiger partial charge in [0.2, 0.25) is 41.4 Å². The van der Waals surface area contributed by atoms with Crippen molar-refractivity contribution in [3.05, 3.63) is 108 Å². The number of aromatic nitrogens is 1. The van der Waals surface area contributed by atoms with Crippen molar-refractivity contribution in [1.82, 2.24) is 42.2 Å². The molecule has 0 unspecified atom stereocenters. The summed E-state index contributed by atoms with van der Waals surface area (Å²) in [5, 5.41) is 50.5. The Hall–Kier alpha value is -6.01. The minimum Gasteiger partial charge on any atom is -0.394 e. The molecule has 7 amide bonds. The Kier molecular flexibility index (Phi) is 22.2. The zero-order valence-electron chi connectivity index (χ0n) is 39.7. The van der Waals surface area contributed by atoms with Gasteiger partial charge in [-0.05, 0) is 68.8 Å². The van der Waals surface area contributed by atoms with Crippen LogP contribution in [0.1, 0.15) is 49.8 Å². The lowest BCUT2D eigenvalue weighted by Gasteiger charge is -2.29. The summed E-state index contributed by atoms with van der Waals surface area (Å²) in [5.41, 5.74) is 15.0. The predicted octanol–water partition coefficient (Wildman–Crippen LogP) is -0.805. The molecule has 20 nitrogen and oxygen atoms in total. The molecule has 22 heteroatoms. The molecule has 4 aromatic rings. The number of unbranched alkanes of at least 4 members (excludes halogenated alkanes) is 1. The lowest BCUT2D eigenvalue weighted by atomic mass is 10.0. The summed E-state index contributed by atoms with van der Waals surface area (Å²) in [6.45, 7) is 2.23. The zero-order valence-corrected chi connectivity index (χ0v) is 41.3. The van der Waals surface area contributed by atoms with Crippen LogP contribution in [0.3, 0.4) is 0 Å². The lowest BCUT2D eigenvalue weighted by Crippen LogP contribution is -2.62. The summed E-state index contributed by atoms with van der Waals surface area (Å²) < 4.78 is 0. The molecule has 0 bridgehead atoms. The molecule has 0 aliphatic carbocycles. The van der Waals surface area contributed by atoms with E-state index < -0.39 is 108 Å². The van der Waals surface area contributed by atoms with E-state index in [2.05, 4.69) is 42.2 Å². The number of nitrogens with one attached hydrogen (secondary N) is 8. The molecular formula is C49H66N10O10S2. The molecule has 0 saturated carbocycles. The molecule has 384 valence electrons. The second-order valence-corrected chi connectivity index (χ2v) is 20.0. The number of carbonyl (C=O) groups is 7. The fourth-order valence-corrected chi connectivity index (χ4v) is 10.1. The molecule has 71 heavy (non-hydrogen) atoms. The van der Waals surface area contributed by atoms with Gasteiger partial charge in [0, 0.05) is 41.4 Å². The van der Waals surface area contributed by atoms with E-state index in [9.17, 15) is 48.9 Å². The van der Waals surface area contributed by atoms with Crippen LogP contribution >= 0.6 is 21.6 Å². The Balaban J connectivity index is 1.56. The van der Waals surface area contributed by atoms with Gasteiger partial charge in [-0.25, -0.2) is 0 Å². The maximum Gasteiger partial charge on any atom is 0.245 e. The third-order valence-corrected chi connectivity index (χ3v) is 14.3. The van der Waals surface area contributed by atoms with Crippen molar-refractivity contribution < 1.29 is 48.9 Å². The van der Waals surface area contributed by atoms with Gasteiger partial charge in [-0.3, -0.25) is 33.6 Å². The highest BCUT2D eigenvalue weighted by Gasteiger charge is 2.36. The van der Waals surface area contributed by atoms with Gasteiger partial charge >= 0.3 is 0 Å². The molecule has 0 spiro atoms. The van der Waals surface area contributed by atoms with Crippen LogP contribution in [0, 0.1) is 0 Å². The number of nitrogens with two attached hydrogens (primary N) is 2. The van der Waals surface area contributed by atoms with Crippen molar-refractivity contribution in [2.24, 2.45) is 11.5 Å². The average molecular weight is 1020 g/mol. The van der Waals surface area contributed by atoms with E-state index in [0.717, 1.165) is 38.1 Å². The first-order valence-electron chi connectivity index (χ1n) is 23.5. The molecule has 1 aliphatic rings. The van der Waals surface area contributed by atoms with Crippen LogP contribution in [0.5, 0.6) is 0 Å². The van der Waals surface area contributed by atoms with Crippen LogP contribution in [0.4, 0.5) is 0 Å². The fourth-order valence-electron chi connectivity index (χ4n) is 7.73. The number of aromatic amines is 1. The van der Waals surface area contributed by atoms with E-state index >= 15 is 0 Å². The van der Waals surface area contributed by atoms with Crippen LogP contribution in [0.25, 0.3) is 10.9 Å². The van der Waals surface area contributed by atoms with Crippen LogP contribution in [0.15, 0.2) is 91.1 Å². The lowest BCUT2D eigenvalue weighted by molar-refractivity contribution is -0.136. The first kappa shape index (κ1) is 55.9. The maximum absolute atomic E-state index is 14.7. The van der Waals surface area contributed by atoms with E-state index in [1.54, 1.807) is 60.8 Å². The van der Waals surface area contributed by atoms with E-state index in [1.807, 2.05) is 30.3 Å². The summed E-state index contributed by atoms with van der Waals surface area (Å²) in [5.74, 6) is -6.01.